The van der Waals surface area contributed by atoms with Crippen LogP contribution in [0.25, 0.3) is 11.0 Å². The van der Waals surface area contributed by atoms with Gasteiger partial charge >= 0.3 is 0 Å². The van der Waals surface area contributed by atoms with Gasteiger partial charge in [-0.1, -0.05) is 29.8 Å². The minimum Gasteiger partial charge on any atom is -0.345 e. The summed E-state index contributed by atoms with van der Waals surface area (Å²) in [7, 11) is 0. The predicted octanol–water partition coefficient (Wildman–Crippen LogP) is 3.20. The number of pyridine rings is 1. The van der Waals surface area contributed by atoms with Crippen LogP contribution in [0.3, 0.4) is 0 Å². The van der Waals surface area contributed by atoms with Crippen molar-refractivity contribution in [2.75, 3.05) is 0 Å². The molecule has 122 valence electrons. The van der Waals surface area contributed by atoms with Crippen LogP contribution in [0.15, 0.2) is 42.6 Å². The molecule has 6 heteroatoms. The van der Waals surface area contributed by atoms with E-state index in [4.69, 9.17) is 11.6 Å². The average Bonchev–Trinajstić information content (AvgIpc) is 3.27. The molecular weight excluding hydrogens is 324 g/mol. The van der Waals surface area contributed by atoms with E-state index in [-0.39, 0.29) is 18.0 Å². The minimum absolute atomic E-state index is 0.0810. The molecule has 2 heterocycles. The molecule has 1 amide bonds. The van der Waals surface area contributed by atoms with Crippen molar-refractivity contribution >= 4 is 28.5 Å². The summed E-state index contributed by atoms with van der Waals surface area (Å²) in [6.45, 7) is 2.07. The van der Waals surface area contributed by atoms with Gasteiger partial charge in [-0.25, -0.2) is 9.67 Å². The third-order valence-electron chi connectivity index (χ3n) is 4.50. The first-order valence-electron chi connectivity index (χ1n) is 7.93. The highest BCUT2D eigenvalue weighted by Gasteiger charge is 2.46. The lowest BCUT2D eigenvalue weighted by molar-refractivity contribution is -0.122. The van der Waals surface area contributed by atoms with E-state index in [1.165, 1.54) is 0 Å². The zero-order chi connectivity index (χ0) is 16.7. The fourth-order valence-corrected chi connectivity index (χ4v) is 3.47. The van der Waals surface area contributed by atoms with E-state index in [2.05, 4.69) is 15.4 Å². The highest BCUT2D eigenvalue weighted by molar-refractivity contribution is 6.31. The van der Waals surface area contributed by atoms with Crippen molar-refractivity contribution in [2.45, 2.75) is 31.8 Å². The molecule has 4 rings (SSSR count). The topological polar surface area (TPSA) is 59.8 Å². The summed E-state index contributed by atoms with van der Waals surface area (Å²) < 4.78 is 1.66. The van der Waals surface area contributed by atoms with Gasteiger partial charge < -0.3 is 5.32 Å². The number of fused-ring (bicyclic) bond motifs is 1. The molecule has 5 nitrogen and oxygen atoms in total. The normalized spacial score (nSPS) is 15.4. The fourth-order valence-electron chi connectivity index (χ4n) is 3.16. The van der Waals surface area contributed by atoms with Gasteiger partial charge in [0, 0.05) is 16.6 Å². The van der Waals surface area contributed by atoms with Crippen LogP contribution in [0.1, 0.15) is 24.1 Å². The van der Waals surface area contributed by atoms with Gasteiger partial charge in [-0.3, -0.25) is 4.79 Å². The molecule has 0 radical (unpaired) electrons. The molecule has 0 bridgehead atoms. The molecule has 0 saturated heterocycles. The first-order valence-corrected chi connectivity index (χ1v) is 8.31. The van der Waals surface area contributed by atoms with Crippen molar-refractivity contribution in [2.24, 2.45) is 0 Å². The Morgan fingerprint density at radius 2 is 2.08 bits per heavy atom. The molecule has 24 heavy (non-hydrogen) atoms. The van der Waals surface area contributed by atoms with E-state index in [0.29, 0.717) is 5.02 Å². The van der Waals surface area contributed by atoms with Gasteiger partial charge in [-0.05, 0) is 43.5 Å². The summed E-state index contributed by atoms with van der Waals surface area (Å²) in [4.78, 5) is 16.9. The van der Waals surface area contributed by atoms with Crippen molar-refractivity contribution in [3.8, 4) is 0 Å². The van der Waals surface area contributed by atoms with Crippen LogP contribution in [-0.2, 0) is 16.9 Å². The van der Waals surface area contributed by atoms with Crippen LogP contribution < -0.4 is 5.32 Å². The minimum atomic E-state index is -0.332. The lowest BCUT2D eigenvalue weighted by Gasteiger charge is -2.19. The van der Waals surface area contributed by atoms with Crippen LogP contribution >= 0.6 is 11.6 Å². The smallest absolute Gasteiger partial charge is 0.242 e. The number of aromatic nitrogens is 3. The Morgan fingerprint density at radius 1 is 1.29 bits per heavy atom. The molecule has 2 aromatic heterocycles. The zero-order valence-electron chi connectivity index (χ0n) is 13.3. The maximum Gasteiger partial charge on any atom is 0.242 e. The van der Waals surface area contributed by atoms with E-state index in [1.807, 2.05) is 43.3 Å². The van der Waals surface area contributed by atoms with Gasteiger partial charge in [0.05, 0.1) is 11.2 Å². The van der Waals surface area contributed by atoms with Crippen molar-refractivity contribution in [1.82, 2.24) is 20.1 Å². The van der Waals surface area contributed by atoms with Crippen molar-refractivity contribution in [1.29, 1.82) is 0 Å². The number of nitrogens with zero attached hydrogens (tertiary/aromatic N) is 3. The number of benzene rings is 1. The summed E-state index contributed by atoms with van der Waals surface area (Å²) >= 11 is 6.29. The van der Waals surface area contributed by atoms with Gasteiger partial charge in [0.25, 0.3) is 0 Å². The Kier molecular flexibility index (Phi) is 3.53. The largest absolute Gasteiger partial charge is 0.345 e. The highest BCUT2D eigenvalue weighted by Crippen LogP contribution is 2.47. The van der Waals surface area contributed by atoms with Crippen LogP contribution in [-0.4, -0.2) is 20.7 Å². The maximum absolute atomic E-state index is 12.6. The fraction of sp³-hybridized carbons (Fsp3) is 0.278. The van der Waals surface area contributed by atoms with Gasteiger partial charge in [0.2, 0.25) is 5.91 Å². The van der Waals surface area contributed by atoms with Crippen molar-refractivity contribution in [3.05, 3.63) is 58.9 Å². The van der Waals surface area contributed by atoms with E-state index >= 15 is 0 Å². The molecular formula is C18H17ClN4O. The Bertz CT molecular complexity index is 930. The number of nitrogens with one attached hydrogen (secondary N) is 1. The Hall–Kier alpha value is -2.40. The maximum atomic E-state index is 12.6. The molecule has 0 spiro atoms. The van der Waals surface area contributed by atoms with E-state index in [0.717, 1.165) is 35.1 Å². The second kappa shape index (κ2) is 5.60. The van der Waals surface area contributed by atoms with E-state index in [9.17, 15) is 4.79 Å². The number of amides is 1. The lowest BCUT2D eigenvalue weighted by Crippen LogP contribution is -2.37. The average molecular weight is 341 g/mol. The molecule has 1 saturated carbocycles. The number of carbonyl (C=O) groups excluding carboxylic acids is 1. The highest BCUT2D eigenvalue weighted by atomic mass is 35.5. The predicted molar refractivity (Wildman–Crippen MR) is 92.8 cm³/mol. The summed E-state index contributed by atoms with van der Waals surface area (Å²) in [6, 6.07) is 11.5. The van der Waals surface area contributed by atoms with Gasteiger partial charge in [0.15, 0.2) is 5.65 Å². The second-order valence-corrected chi connectivity index (χ2v) is 6.63. The third kappa shape index (κ3) is 2.55. The number of hydrogen-bond donors (Lipinski definition) is 1. The van der Waals surface area contributed by atoms with Gasteiger partial charge in [-0.2, -0.15) is 5.10 Å². The number of aryl methyl sites for hydroxylation is 1. The number of hydrogen-bond acceptors (Lipinski definition) is 3. The lowest BCUT2D eigenvalue weighted by atomic mass is 10.0. The number of halogens is 1. The first kappa shape index (κ1) is 15.1. The number of carbonyl (C=O) groups is 1. The van der Waals surface area contributed by atoms with Gasteiger partial charge in [-0.15, -0.1) is 0 Å². The first-order chi connectivity index (χ1) is 11.6. The number of rotatable bonds is 4. The molecule has 0 atom stereocenters. The van der Waals surface area contributed by atoms with Crippen LogP contribution in [0.2, 0.25) is 5.02 Å². The van der Waals surface area contributed by atoms with Gasteiger partial charge in [0.1, 0.15) is 6.54 Å². The van der Waals surface area contributed by atoms with Crippen molar-refractivity contribution < 1.29 is 4.79 Å². The monoisotopic (exact) mass is 340 g/mol. The summed E-state index contributed by atoms with van der Waals surface area (Å²) in [6.07, 6.45) is 3.52. The quantitative estimate of drug-likeness (QED) is 0.793. The Balaban J connectivity index is 1.56. The standard InChI is InChI=1S/C18H17ClN4O/c1-12-13-5-4-10-20-17(13)23(22-12)11-16(24)21-18(8-9-18)14-6-2-3-7-15(14)19/h2-7,10H,8-9,11H2,1H3,(H,21,24). The Morgan fingerprint density at radius 3 is 2.83 bits per heavy atom. The Labute approximate surface area is 144 Å². The van der Waals surface area contributed by atoms with Crippen molar-refractivity contribution in [3.63, 3.8) is 0 Å². The molecule has 1 aliphatic carbocycles. The van der Waals surface area contributed by atoms with Crippen LogP contribution in [0, 0.1) is 6.92 Å². The molecule has 1 fully saturated rings. The second-order valence-electron chi connectivity index (χ2n) is 6.23. The molecule has 0 aliphatic heterocycles. The SMILES string of the molecule is Cc1nn(CC(=O)NC2(c3ccccc3Cl)CC2)c2ncccc12. The summed E-state index contributed by atoms with van der Waals surface area (Å²) in [5.41, 5.74) is 2.26. The van der Waals surface area contributed by atoms with Crippen LogP contribution in [0.4, 0.5) is 0 Å². The summed E-state index contributed by atoms with van der Waals surface area (Å²) in [5, 5.41) is 9.23. The molecule has 1 aliphatic rings. The van der Waals surface area contributed by atoms with Crippen LogP contribution in [0.5, 0.6) is 0 Å². The van der Waals surface area contributed by atoms with E-state index in [1.54, 1.807) is 10.9 Å². The zero-order valence-corrected chi connectivity index (χ0v) is 14.0. The summed E-state index contributed by atoms with van der Waals surface area (Å²) in [5.74, 6) is -0.0810. The third-order valence-corrected chi connectivity index (χ3v) is 4.83. The molecule has 3 aromatic rings. The molecule has 1 N–H and O–H groups in total. The molecule has 1 aromatic carbocycles. The van der Waals surface area contributed by atoms with E-state index < -0.39 is 0 Å². The molecule has 0 unspecified atom stereocenters.